The first-order valence-electron chi connectivity index (χ1n) is 8.24. The summed E-state index contributed by atoms with van der Waals surface area (Å²) >= 11 is 6.19. The summed E-state index contributed by atoms with van der Waals surface area (Å²) in [5, 5.41) is 11.7. The quantitative estimate of drug-likeness (QED) is 0.696. The third-order valence-corrected chi connectivity index (χ3v) is 6.46. The number of sulfonamides is 1. The van der Waals surface area contributed by atoms with E-state index >= 15 is 0 Å². The molecule has 0 aliphatic heterocycles. The molecular formula is C17H18ClN5O2S. The van der Waals surface area contributed by atoms with Crippen molar-refractivity contribution in [2.45, 2.75) is 31.1 Å². The second-order valence-electron chi connectivity index (χ2n) is 6.59. The number of hydrogen-bond donors (Lipinski definition) is 2. The molecule has 0 unspecified atom stereocenters. The zero-order valence-corrected chi connectivity index (χ0v) is 15.8. The van der Waals surface area contributed by atoms with E-state index in [1.807, 2.05) is 6.07 Å². The van der Waals surface area contributed by atoms with Gasteiger partial charge in [-0.15, -0.1) is 0 Å². The van der Waals surface area contributed by atoms with Gasteiger partial charge >= 0.3 is 0 Å². The van der Waals surface area contributed by atoms with Crippen LogP contribution in [0.2, 0.25) is 5.02 Å². The number of anilines is 1. The first-order valence-corrected chi connectivity index (χ1v) is 10.1. The van der Waals surface area contributed by atoms with Crippen LogP contribution in [0.1, 0.15) is 30.7 Å². The van der Waals surface area contributed by atoms with E-state index in [1.165, 1.54) is 10.9 Å². The molecule has 1 aliphatic rings. The molecule has 9 heteroatoms. The number of aromatic nitrogens is 4. The third kappa shape index (κ3) is 2.99. The molecule has 1 fully saturated rings. The average Bonchev–Trinajstić information content (AvgIpc) is 2.97. The van der Waals surface area contributed by atoms with Crippen LogP contribution in [0.15, 0.2) is 41.4 Å². The molecule has 2 heterocycles. The van der Waals surface area contributed by atoms with Crippen molar-refractivity contribution < 1.29 is 8.42 Å². The molecule has 0 spiro atoms. The van der Waals surface area contributed by atoms with Crippen LogP contribution in [0.25, 0.3) is 5.69 Å². The largest absolute Gasteiger partial charge is 0.280 e. The molecule has 1 aromatic carbocycles. The Balaban J connectivity index is 1.62. The first kappa shape index (κ1) is 17.1. The predicted molar refractivity (Wildman–Crippen MR) is 99.2 cm³/mol. The Labute approximate surface area is 156 Å². The molecule has 0 saturated heterocycles. The van der Waals surface area contributed by atoms with Gasteiger partial charge in [-0.25, -0.2) is 13.1 Å². The second-order valence-corrected chi connectivity index (χ2v) is 8.65. The lowest BCUT2D eigenvalue weighted by Crippen LogP contribution is -2.14. The third-order valence-electron chi connectivity index (χ3n) is 4.68. The van der Waals surface area contributed by atoms with Crippen LogP contribution in [0.3, 0.4) is 0 Å². The van der Waals surface area contributed by atoms with Gasteiger partial charge in [0.15, 0.2) is 5.82 Å². The number of nitrogens with one attached hydrogen (secondary N) is 2. The lowest BCUT2D eigenvalue weighted by molar-refractivity contribution is 0.600. The lowest BCUT2D eigenvalue weighted by Gasteiger charge is -2.08. The Morgan fingerprint density at radius 3 is 2.77 bits per heavy atom. The Hall–Kier alpha value is -2.32. The molecular weight excluding hydrogens is 374 g/mol. The fourth-order valence-electron chi connectivity index (χ4n) is 3.05. The van der Waals surface area contributed by atoms with Gasteiger partial charge in [0.25, 0.3) is 10.0 Å². The van der Waals surface area contributed by atoms with Crippen molar-refractivity contribution in [3.63, 3.8) is 0 Å². The molecule has 0 bridgehead atoms. The van der Waals surface area contributed by atoms with Gasteiger partial charge in [0, 0.05) is 17.7 Å². The molecule has 1 aliphatic carbocycles. The summed E-state index contributed by atoms with van der Waals surface area (Å²) < 4.78 is 29.5. The molecule has 7 nitrogen and oxygen atoms in total. The van der Waals surface area contributed by atoms with Crippen molar-refractivity contribution in [3.8, 4) is 5.69 Å². The number of halogens is 1. The summed E-state index contributed by atoms with van der Waals surface area (Å²) in [7, 11) is -3.81. The number of H-pyrrole nitrogens is 1. The highest BCUT2D eigenvalue weighted by Gasteiger charge is 2.35. The topological polar surface area (TPSA) is 92.7 Å². The zero-order valence-electron chi connectivity index (χ0n) is 14.3. The van der Waals surface area contributed by atoms with Gasteiger partial charge in [-0.3, -0.25) is 9.82 Å². The summed E-state index contributed by atoms with van der Waals surface area (Å²) in [4.78, 5) is 0.0850. The maximum atomic E-state index is 12.8. The fourth-order valence-corrected chi connectivity index (χ4v) is 4.42. The number of hydrogen-bond acceptors (Lipinski definition) is 4. The number of rotatable bonds is 5. The van der Waals surface area contributed by atoms with E-state index in [0.717, 1.165) is 12.1 Å². The molecule has 0 amide bonds. The van der Waals surface area contributed by atoms with E-state index in [9.17, 15) is 8.42 Å². The monoisotopic (exact) mass is 391 g/mol. The Kier molecular flexibility index (Phi) is 4.04. The summed E-state index contributed by atoms with van der Waals surface area (Å²) in [5.41, 5.74) is 2.05. The van der Waals surface area contributed by atoms with E-state index in [-0.39, 0.29) is 10.7 Å². The predicted octanol–water partition coefficient (Wildman–Crippen LogP) is 3.48. The maximum Gasteiger partial charge on any atom is 0.266 e. The van der Waals surface area contributed by atoms with Crippen LogP contribution in [0.4, 0.5) is 5.82 Å². The van der Waals surface area contributed by atoms with Gasteiger partial charge in [-0.2, -0.15) is 10.2 Å². The van der Waals surface area contributed by atoms with Crippen molar-refractivity contribution in [3.05, 3.63) is 52.9 Å². The molecule has 136 valence electrons. The smallest absolute Gasteiger partial charge is 0.266 e. The van der Waals surface area contributed by atoms with Crippen molar-refractivity contribution in [1.82, 2.24) is 20.0 Å². The minimum absolute atomic E-state index is 0.0850. The van der Waals surface area contributed by atoms with Crippen LogP contribution >= 0.6 is 11.6 Å². The van der Waals surface area contributed by atoms with Gasteiger partial charge in [0.1, 0.15) is 4.90 Å². The summed E-state index contributed by atoms with van der Waals surface area (Å²) in [6.45, 7) is 3.84. The van der Waals surface area contributed by atoms with E-state index in [4.69, 9.17) is 11.6 Å². The number of nitrogens with zero attached hydrogens (tertiary/aromatic N) is 3. The van der Waals surface area contributed by atoms with Crippen LogP contribution in [0, 0.1) is 12.8 Å². The second kappa shape index (κ2) is 6.14. The van der Waals surface area contributed by atoms with E-state index in [1.54, 1.807) is 31.2 Å². The molecule has 3 aromatic rings. The number of para-hydroxylation sites is 1. The standard InChI is InChI=1S/C17H18ClN5O2S/c1-10-7-12(10)14-8-17(21-20-14)22-26(24,25)16-9-19-23(11(16)2)15-6-4-3-5-13(15)18/h3-6,8-10,12H,7H2,1-2H3,(H2,20,21,22)/t10-,12-/m0/s1. The van der Waals surface area contributed by atoms with Crippen LogP contribution < -0.4 is 4.72 Å². The molecule has 4 rings (SSSR count). The Morgan fingerprint density at radius 1 is 1.35 bits per heavy atom. The SMILES string of the molecule is Cc1c(S(=O)(=O)Nc2cc([C@H]3C[C@@H]3C)[nH]n2)cnn1-c1ccccc1Cl. The Bertz CT molecular complexity index is 1070. The normalized spacial score (nSPS) is 19.5. The highest BCUT2D eigenvalue weighted by atomic mass is 35.5. The molecule has 1 saturated carbocycles. The minimum atomic E-state index is -3.81. The highest BCUT2D eigenvalue weighted by molar-refractivity contribution is 7.92. The number of aromatic amines is 1. The Morgan fingerprint density at radius 2 is 2.08 bits per heavy atom. The molecule has 2 N–H and O–H groups in total. The molecule has 2 atom stereocenters. The average molecular weight is 392 g/mol. The van der Waals surface area contributed by atoms with E-state index < -0.39 is 10.0 Å². The van der Waals surface area contributed by atoms with E-state index in [0.29, 0.717) is 28.2 Å². The van der Waals surface area contributed by atoms with Crippen LogP contribution in [-0.4, -0.2) is 28.4 Å². The van der Waals surface area contributed by atoms with Crippen LogP contribution in [-0.2, 0) is 10.0 Å². The van der Waals surface area contributed by atoms with Gasteiger partial charge < -0.3 is 0 Å². The fraction of sp³-hybridized carbons (Fsp3) is 0.294. The number of benzene rings is 1. The summed E-state index contributed by atoms with van der Waals surface area (Å²) in [6, 6.07) is 8.88. The molecule has 26 heavy (non-hydrogen) atoms. The van der Waals surface area contributed by atoms with Crippen molar-refractivity contribution >= 4 is 27.4 Å². The summed E-state index contributed by atoms with van der Waals surface area (Å²) in [5.74, 6) is 1.32. The van der Waals surface area contributed by atoms with Gasteiger partial charge in [0.05, 0.1) is 22.6 Å². The van der Waals surface area contributed by atoms with Crippen molar-refractivity contribution in [2.24, 2.45) is 5.92 Å². The van der Waals surface area contributed by atoms with Crippen molar-refractivity contribution in [2.75, 3.05) is 4.72 Å². The molecule has 2 aromatic heterocycles. The molecule has 0 radical (unpaired) electrons. The lowest BCUT2D eigenvalue weighted by atomic mass is 10.2. The zero-order chi connectivity index (χ0) is 18.5. The van der Waals surface area contributed by atoms with Gasteiger partial charge in [-0.1, -0.05) is 30.7 Å². The van der Waals surface area contributed by atoms with Crippen molar-refractivity contribution in [1.29, 1.82) is 0 Å². The van der Waals surface area contributed by atoms with E-state index in [2.05, 4.69) is 26.9 Å². The maximum absolute atomic E-state index is 12.8. The highest BCUT2D eigenvalue weighted by Crippen LogP contribution is 2.46. The van der Waals surface area contributed by atoms with Gasteiger partial charge in [0.2, 0.25) is 0 Å². The summed E-state index contributed by atoms with van der Waals surface area (Å²) in [6.07, 6.45) is 2.41. The van der Waals surface area contributed by atoms with Gasteiger partial charge in [-0.05, 0) is 31.4 Å². The minimum Gasteiger partial charge on any atom is -0.280 e. The first-order chi connectivity index (χ1) is 12.4. The van der Waals surface area contributed by atoms with Crippen LogP contribution in [0.5, 0.6) is 0 Å².